The number of hydrogen-bond acceptors (Lipinski definition) is 6. The third-order valence-electron chi connectivity index (χ3n) is 5.82. The predicted octanol–water partition coefficient (Wildman–Crippen LogP) is 4.19. The lowest BCUT2D eigenvalue weighted by Gasteiger charge is -2.29. The normalized spacial score (nSPS) is 12.7. The molecule has 0 radical (unpaired) electrons. The van der Waals surface area contributed by atoms with Crippen molar-refractivity contribution in [3.05, 3.63) is 94.5 Å². The third kappa shape index (κ3) is 5.62. The quantitative estimate of drug-likeness (QED) is 0.290. The molecule has 0 saturated carbocycles. The minimum Gasteiger partial charge on any atom is -0.427 e. The van der Waals surface area contributed by atoms with E-state index in [0.29, 0.717) is 11.3 Å². The van der Waals surface area contributed by atoms with Gasteiger partial charge in [-0.25, -0.2) is 0 Å². The maximum atomic E-state index is 12.8. The van der Waals surface area contributed by atoms with Gasteiger partial charge in [-0.15, -0.1) is 0 Å². The number of nitrogens with one attached hydrogen (secondary N) is 2. The van der Waals surface area contributed by atoms with Gasteiger partial charge in [0.1, 0.15) is 5.75 Å². The molecule has 9 nitrogen and oxygen atoms in total. The second-order valence-electron chi connectivity index (χ2n) is 9.84. The summed E-state index contributed by atoms with van der Waals surface area (Å²) in [6.45, 7) is 6.78. The Morgan fingerprint density at radius 3 is 2.21 bits per heavy atom. The zero-order chi connectivity index (χ0) is 27.6. The maximum Gasteiger partial charge on any atom is 0.308 e. The summed E-state index contributed by atoms with van der Waals surface area (Å²) in [5, 5.41) is 5.59. The predicted molar refractivity (Wildman–Crippen MR) is 140 cm³/mol. The SMILES string of the molecule is CC(=O)Oc1cccc(C(=O)Nc2cccc(CNC(=O)c3ccc4c(c3)C(=O)N(C(C)(C)C)C4=O)c2)c1. The van der Waals surface area contributed by atoms with Crippen LogP contribution in [0.2, 0.25) is 0 Å². The van der Waals surface area contributed by atoms with Gasteiger partial charge in [0.05, 0.1) is 11.1 Å². The molecule has 38 heavy (non-hydrogen) atoms. The van der Waals surface area contributed by atoms with E-state index in [1.54, 1.807) is 63.2 Å². The Bertz CT molecular complexity index is 1470. The summed E-state index contributed by atoms with van der Waals surface area (Å²) in [5.74, 6) is -1.80. The first-order valence-corrected chi connectivity index (χ1v) is 11.9. The van der Waals surface area contributed by atoms with E-state index >= 15 is 0 Å². The molecule has 0 unspecified atom stereocenters. The van der Waals surface area contributed by atoms with E-state index < -0.39 is 23.3 Å². The number of benzene rings is 3. The second kappa shape index (κ2) is 10.3. The Balaban J connectivity index is 1.41. The van der Waals surface area contributed by atoms with Gasteiger partial charge in [-0.1, -0.05) is 18.2 Å². The molecule has 0 aliphatic carbocycles. The summed E-state index contributed by atoms with van der Waals surface area (Å²) in [7, 11) is 0. The smallest absolute Gasteiger partial charge is 0.308 e. The molecule has 2 N–H and O–H groups in total. The number of esters is 1. The standard InChI is InChI=1S/C29H27N3O6/c1-17(33)38-22-10-6-8-19(14-22)26(35)31-21-9-5-7-18(13-21)16-30-25(34)20-11-12-23-24(15-20)28(37)32(27(23)36)29(2,3)4/h5-15H,16H2,1-4H3,(H,30,34)(H,31,35). The molecule has 0 saturated heterocycles. The number of fused-ring (bicyclic) bond motifs is 1. The van der Waals surface area contributed by atoms with Crippen molar-refractivity contribution in [2.24, 2.45) is 0 Å². The Kier molecular flexibility index (Phi) is 7.12. The largest absolute Gasteiger partial charge is 0.427 e. The average molecular weight is 514 g/mol. The molecule has 0 atom stereocenters. The molecule has 4 rings (SSSR count). The fourth-order valence-electron chi connectivity index (χ4n) is 4.10. The van der Waals surface area contributed by atoms with E-state index in [0.717, 1.165) is 5.56 Å². The second-order valence-corrected chi connectivity index (χ2v) is 9.84. The van der Waals surface area contributed by atoms with Gasteiger partial charge < -0.3 is 15.4 Å². The minimum absolute atomic E-state index is 0.169. The summed E-state index contributed by atoms with van der Waals surface area (Å²) < 4.78 is 5.02. The first-order chi connectivity index (χ1) is 17.9. The van der Waals surface area contributed by atoms with Gasteiger partial charge in [-0.3, -0.25) is 28.9 Å². The first kappa shape index (κ1) is 26.3. The van der Waals surface area contributed by atoms with Gasteiger partial charge in [0.25, 0.3) is 23.6 Å². The van der Waals surface area contributed by atoms with E-state index in [1.165, 1.54) is 36.1 Å². The van der Waals surface area contributed by atoms with Crippen molar-refractivity contribution in [3.8, 4) is 5.75 Å². The molecule has 1 aliphatic heterocycles. The highest BCUT2D eigenvalue weighted by atomic mass is 16.5. The molecule has 3 aromatic rings. The van der Waals surface area contributed by atoms with Crippen molar-refractivity contribution in [1.29, 1.82) is 0 Å². The van der Waals surface area contributed by atoms with E-state index in [1.807, 2.05) is 0 Å². The zero-order valence-electron chi connectivity index (χ0n) is 21.5. The number of amides is 4. The van der Waals surface area contributed by atoms with Crippen LogP contribution >= 0.6 is 0 Å². The monoisotopic (exact) mass is 513 g/mol. The number of imide groups is 1. The summed E-state index contributed by atoms with van der Waals surface area (Å²) >= 11 is 0. The lowest BCUT2D eigenvalue weighted by atomic mass is 10.1. The number of anilines is 1. The van der Waals surface area contributed by atoms with Crippen molar-refractivity contribution in [3.63, 3.8) is 0 Å². The van der Waals surface area contributed by atoms with Crippen LogP contribution < -0.4 is 15.4 Å². The fraction of sp³-hybridized carbons (Fsp3) is 0.207. The van der Waals surface area contributed by atoms with Gasteiger partial charge in [0, 0.05) is 35.8 Å². The maximum absolute atomic E-state index is 12.8. The van der Waals surface area contributed by atoms with Crippen molar-refractivity contribution in [1.82, 2.24) is 10.2 Å². The molecule has 1 aliphatic rings. The third-order valence-corrected chi connectivity index (χ3v) is 5.82. The number of carbonyl (C=O) groups excluding carboxylic acids is 5. The number of carbonyl (C=O) groups is 5. The average Bonchev–Trinajstić information content (AvgIpc) is 3.12. The first-order valence-electron chi connectivity index (χ1n) is 11.9. The van der Waals surface area contributed by atoms with Crippen molar-refractivity contribution in [2.75, 3.05) is 5.32 Å². The summed E-state index contributed by atoms with van der Waals surface area (Å²) in [6.07, 6.45) is 0. The lowest BCUT2D eigenvalue weighted by Crippen LogP contribution is -2.45. The number of rotatable bonds is 6. The van der Waals surface area contributed by atoms with Crippen LogP contribution in [0, 0.1) is 0 Å². The molecule has 0 aromatic heterocycles. The number of hydrogen-bond donors (Lipinski definition) is 2. The summed E-state index contributed by atoms with van der Waals surface area (Å²) in [4.78, 5) is 63.3. The summed E-state index contributed by atoms with van der Waals surface area (Å²) in [6, 6.07) is 17.7. The van der Waals surface area contributed by atoms with Gasteiger partial charge >= 0.3 is 5.97 Å². The highest BCUT2D eigenvalue weighted by Gasteiger charge is 2.42. The van der Waals surface area contributed by atoms with Crippen LogP contribution in [0.3, 0.4) is 0 Å². The molecule has 1 heterocycles. The lowest BCUT2D eigenvalue weighted by molar-refractivity contribution is -0.131. The molecule has 0 spiro atoms. The highest BCUT2D eigenvalue weighted by Crippen LogP contribution is 2.30. The molecule has 9 heteroatoms. The van der Waals surface area contributed by atoms with Crippen molar-refractivity contribution < 1.29 is 28.7 Å². The molecule has 0 bridgehead atoms. The fourth-order valence-corrected chi connectivity index (χ4v) is 4.10. The topological polar surface area (TPSA) is 122 Å². The molecule has 4 amide bonds. The Hall–Kier alpha value is -4.79. The van der Waals surface area contributed by atoms with Crippen LogP contribution in [-0.4, -0.2) is 40.0 Å². The van der Waals surface area contributed by atoms with Crippen LogP contribution in [0.4, 0.5) is 5.69 Å². The van der Waals surface area contributed by atoms with Crippen molar-refractivity contribution in [2.45, 2.75) is 39.8 Å². The Morgan fingerprint density at radius 2 is 1.50 bits per heavy atom. The van der Waals surface area contributed by atoms with Gasteiger partial charge in [0.2, 0.25) is 0 Å². The minimum atomic E-state index is -0.679. The van der Waals surface area contributed by atoms with E-state index in [2.05, 4.69) is 10.6 Å². The van der Waals surface area contributed by atoms with E-state index in [9.17, 15) is 24.0 Å². The molecular formula is C29H27N3O6. The summed E-state index contributed by atoms with van der Waals surface area (Å²) in [5.41, 5.74) is 1.64. The Morgan fingerprint density at radius 1 is 0.816 bits per heavy atom. The van der Waals surface area contributed by atoms with E-state index in [4.69, 9.17) is 4.74 Å². The van der Waals surface area contributed by atoms with Crippen LogP contribution in [0.15, 0.2) is 66.7 Å². The Labute approximate surface area is 219 Å². The molecular weight excluding hydrogens is 486 g/mol. The van der Waals surface area contributed by atoms with Crippen LogP contribution in [-0.2, 0) is 11.3 Å². The van der Waals surface area contributed by atoms with Crippen LogP contribution in [0.25, 0.3) is 0 Å². The highest BCUT2D eigenvalue weighted by molar-refractivity contribution is 6.22. The van der Waals surface area contributed by atoms with Gasteiger partial charge in [-0.05, 0) is 74.9 Å². The van der Waals surface area contributed by atoms with E-state index in [-0.39, 0.29) is 40.8 Å². The number of ether oxygens (including phenoxy) is 1. The molecule has 194 valence electrons. The van der Waals surface area contributed by atoms with Gasteiger partial charge in [-0.2, -0.15) is 0 Å². The zero-order valence-corrected chi connectivity index (χ0v) is 21.5. The van der Waals surface area contributed by atoms with Crippen molar-refractivity contribution >= 4 is 35.3 Å². The molecule has 0 fully saturated rings. The van der Waals surface area contributed by atoms with Gasteiger partial charge in [0.15, 0.2) is 0 Å². The van der Waals surface area contributed by atoms with Crippen LogP contribution in [0.1, 0.15) is 74.7 Å². The number of nitrogens with zero attached hydrogens (tertiary/aromatic N) is 1. The molecule has 3 aromatic carbocycles. The van der Waals surface area contributed by atoms with Crippen LogP contribution in [0.5, 0.6) is 5.75 Å².